The molecule has 126 valence electrons. The smallest absolute Gasteiger partial charge is 0.344 e. The maximum Gasteiger partial charge on any atom is 0.344 e. The highest BCUT2D eigenvalue weighted by molar-refractivity contribution is 6.03. The number of benzene rings is 2. The van der Waals surface area contributed by atoms with E-state index in [4.69, 9.17) is 9.47 Å². The lowest BCUT2D eigenvalue weighted by Crippen LogP contribution is -2.16. The molecule has 0 radical (unpaired) electrons. The van der Waals surface area contributed by atoms with Crippen molar-refractivity contribution in [1.29, 1.82) is 0 Å². The predicted molar refractivity (Wildman–Crippen MR) is 92.5 cm³/mol. The molecule has 0 atom stereocenters. The van der Waals surface area contributed by atoms with Gasteiger partial charge in [0, 0.05) is 0 Å². The molecule has 4 heteroatoms. The minimum atomic E-state index is -0.567. The molecule has 0 fully saturated rings. The Morgan fingerprint density at radius 2 is 1.50 bits per heavy atom. The molecule has 0 aliphatic rings. The van der Waals surface area contributed by atoms with Crippen LogP contribution in [-0.4, -0.2) is 18.5 Å². The molecule has 2 rings (SSSR count). The molecule has 24 heavy (non-hydrogen) atoms. The first-order valence-corrected chi connectivity index (χ1v) is 8.08. The van der Waals surface area contributed by atoms with Gasteiger partial charge in [0.1, 0.15) is 5.75 Å². The summed E-state index contributed by atoms with van der Waals surface area (Å²) in [5.74, 6) is -0.605. The van der Waals surface area contributed by atoms with E-state index < -0.39 is 11.9 Å². The van der Waals surface area contributed by atoms with Crippen molar-refractivity contribution in [2.45, 2.75) is 33.6 Å². The molecule has 4 nitrogen and oxygen atoms in total. The van der Waals surface area contributed by atoms with Gasteiger partial charge in [-0.3, -0.25) is 0 Å². The Balaban J connectivity index is 2.18. The molecule has 2 aromatic carbocycles. The standard InChI is InChI=1S/C20H22O4/c1-4-5-10-23-19(21)17-8-6-7-9-18(17)20(22)24-16-12-14(2)11-15(3)13-16/h6-9,11-13H,4-5,10H2,1-3H3. The Morgan fingerprint density at radius 3 is 2.08 bits per heavy atom. The molecule has 0 N–H and O–H groups in total. The monoisotopic (exact) mass is 326 g/mol. The summed E-state index contributed by atoms with van der Waals surface area (Å²) in [6, 6.07) is 12.1. The number of unbranched alkanes of at least 4 members (excludes halogenated alkanes) is 1. The van der Waals surface area contributed by atoms with E-state index in [9.17, 15) is 9.59 Å². The average Bonchev–Trinajstić information content (AvgIpc) is 2.54. The van der Waals surface area contributed by atoms with Gasteiger partial charge in [0.15, 0.2) is 0 Å². The SMILES string of the molecule is CCCCOC(=O)c1ccccc1C(=O)Oc1cc(C)cc(C)c1. The number of aryl methyl sites for hydroxylation is 2. The van der Waals surface area contributed by atoms with Crippen LogP contribution >= 0.6 is 0 Å². The van der Waals surface area contributed by atoms with Crippen molar-refractivity contribution in [1.82, 2.24) is 0 Å². The number of carbonyl (C=O) groups excluding carboxylic acids is 2. The first-order valence-electron chi connectivity index (χ1n) is 8.08. The Morgan fingerprint density at radius 1 is 0.917 bits per heavy atom. The molecule has 0 aromatic heterocycles. The number of carbonyl (C=O) groups is 2. The molecule has 0 bridgehead atoms. The summed E-state index contributed by atoms with van der Waals surface area (Å²) in [5, 5.41) is 0. The summed E-state index contributed by atoms with van der Waals surface area (Å²) in [5.41, 5.74) is 2.44. The lowest BCUT2D eigenvalue weighted by Gasteiger charge is -2.10. The van der Waals surface area contributed by atoms with E-state index in [-0.39, 0.29) is 11.1 Å². The zero-order chi connectivity index (χ0) is 17.5. The van der Waals surface area contributed by atoms with Gasteiger partial charge in [0.05, 0.1) is 17.7 Å². The predicted octanol–water partition coefficient (Wildman–Crippen LogP) is 4.48. The van der Waals surface area contributed by atoms with Crippen molar-refractivity contribution >= 4 is 11.9 Å². The molecular weight excluding hydrogens is 304 g/mol. The zero-order valence-corrected chi connectivity index (χ0v) is 14.3. The number of hydrogen-bond donors (Lipinski definition) is 0. The van der Waals surface area contributed by atoms with Crippen molar-refractivity contribution < 1.29 is 19.1 Å². The summed E-state index contributed by atoms with van der Waals surface area (Å²) in [6.45, 7) is 6.23. The van der Waals surface area contributed by atoms with Crippen molar-refractivity contribution in [3.63, 3.8) is 0 Å². The van der Waals surface area contributed by atoms with Gasteiger partial charge in [-0.25, -0.2) is 9.59 Å². The molecule has 0 saturated carbocycles. The quantitative estimate of drug-likeness (QED) is 0.446. The fraction of sp³-hybridized carbons (Fsp3) is 0.300. The second-order valence-electron chi connectivity index (χ2n) is 5.75. The molecule has 0 saturated heterocycles. The van der Waals surface area contributed by atoms with Crippen molar-refractivity contribution in [3.05, 3.63) is 64.7 Å². The second-order valence-corrected chi connectivity index (χ2v) is 5.75. The van der Waals surface area contributed by atoms with E-state index in [0.29, 0.717) is 12.4 Å². The van der Waals surface area contributed by atoms with Crippen LogP contribution in [0.15, 0.2) is 42.5 Å². The third kappa shape index (κ3) is 4.69. The van der Waals surface area contributed by atoms with Gasteiger partial charge in [0.25, 0.3) is 0 Å². The van der Waals surface area contributed by atoms with E-state index in [2.05, 4.69) is 0 Å². The van der Waals surface area contributed by atoms with Gasteiger partial charge in [-0.15, -0.1) is 0 Å². The molecule has 0 spiro atoms. The summed E-state index contributed by atoms with van der Waals surface area (Å²) < 4.78 is 10.6. The van der Waals surface area contributed by atoms with Gasteiger partial charge in [0.2, 0.25) is 0 Å². The van der Waals surface area contributed by atoms with Crippen LogP contribution in [0.25, 0.3) is 0 Å². The third-order valence-electron chi connectivity index (χ3n) is 3.50. The lowest BCUT2D eigenvalue weighted by molar-refractivity contribution is 0.0491. The van der Waals surface area contributed by atoms with E-state index >= 15 is 0 Å². The molecule has 0 aliphatic carbocycles. The van der Waals surface area contributed by atoms with Crippen molar-refractivity contribution in [2.75, 3.05) is 6.61 Å². The Labute approximate surface area is 142 Å². The highest BCUT2D eigenvalue weighted by Crippen LogP contribution is 2.19. The van der Waals surface area contributed by atoms with Crippen LogP contribution in [0.1, 0.15) is 51.6 Å². The van der Waals surface area contributed by atoms with Crippen LogP contribution in [-0.2, 0) is 4.74 Å². The van der Waals surface area contributed by atoms with Gasteiger partial charge in [-0.1, -0.05) is 31.5 Å². The van der Waals surface area contributed by atoms with Gasteiger partial charge >= 0.3 is 11.9 Å². The maximum absolute atomic E-state index is 12.5. The summed E-state index contributed by atoms with van der Waals surface area (Å²) >= 11 is 0. The van der Waals surface area contributed by atoms with E-state index in [1.165, 1.54) is 0 Å². The normalized spacial score (nSPS) is 10.3. The fourth-order valence-corrected chi connectivity index (χ4v) is 2.38. The van der Waals surface area contributed by atoms with E-state index in [1.54, 1.807) is 36.4 Å². The molecule has 2 aromatic rings. The van der Waals surface area contributed by atoms with Crippen LogP contribution in [0.3, 0.4) is 0 Å². The van der Waals surface area contributed by atoms with E-state index in [0.717, 1.165) is 24.0 Å². The van der Waals surface area contributed by atoms with Crippen molar-refractivity contribution in [2.24, 2.45) is 0 Å². The van der Waals surface area contributed by atoms with Gasteiger partial charge < -0.3 is 9.47 Å². The molecule has 0 amide bonds. The van der Waals surface area contributed by atoms with Crippen LogP contribution < -0.4 is 4.74 Å². The van der Waals surface area contributed by atoms with E-state index in [1.807, 2.05) is 26.8 Å². The topological polar surface area (TPSA) is 52.6 Å². The minimum absolute atomic E-state index is 0.207. The zero-order valence-electron chi connectivity index (χ0n) is 14.3. The number of ether oxygens (including phenoxy) is 2. The Hall–Kier alpha value is -2.62. The Bertz CT molecular complexity index is 714. The van der Waals surface area contributed by atoms with Gasteiger partial charge in [-0.2, -0.15) is 0 Å². The fourth-order valence-electron chi connectivity index (χ4n) is 2.38. The van der Waals surface area contributed by atoms with Crippen LogP contribution in [0, 0.1) is 13.8 Å². The first-order chi connectivity index (χ1) is 11.5. The Kier molecular flexibility index (Phi) is 6.13. The highest BCUT2D eigenvalue weighted by Gasteiger charge is 2.19. The second kappa shape index (κ2) is 8.29. The number of hydrogen-bond acceptors (Lipinski definition) is 4. The van der Waals surface area contributed by atoms with Crippen LogP contribution in [0.5, 0.6) is 5.75 Å². The van der Waals surface area contributed by atoms with Crippen LogP contribution in [0.2, 0.25) is 0 Å². The molecule has 0 unspecified atom stereocenters. The minimum Gasteiger partial charge on any atom is -0.462 e. The highest BCUT2D eigenvalue weighted by atomic mass is 16.5. The maximum atomic E-state index is 12.5. The average molecular weight is 326 g/mol. The lowest BCUT2D eigenvalue weighted by atomic mass is 10.1. The largest absolute Gasteiger partial charge is 0.462 e. The van der Waals surface area contributed by atoms with Crippen LogP contribution in [0.4, 0.5) is 0 Å². The number of rotatable bonds is 6. The number of esters is 2. The molecule has 0 aliphatic heterocycles. The molecule has 0 heterocycles. The van der Waals surface area contributed by atoms with Gasteiger partial charge in [-0.05, 0) is 55.7 Å². The summed E-state index contributed by atoms with van der Waals surface area (Å²) in [7, 11) is 0. The summed E-state index contributed by atoms with van der Waals surface area (Å²) in [4.78, 5) is 24.6. The summed E-state index contributed by atoms with van der Waals surface area (Å²) in [6.07, 6.45) is 1.73. The first kappa shape index (κ1) is 17.7. The molecular formula is C20H22O4. The van der Waals surface area contributed by atoms with Crippen molar-refractivity contribution in [3.8, 4) is 5.75 Å². The third-order valence-corrected chi connectivity index (χ3v) is 3.50.